The van der Waals surface area contributed by atoms with Crippen molar-refractivity contribution in [2.75, 3.05) is 13.2 Å². The second-order valence-corrected chi connectivity index (χ2v) is 7.10. The molecule has 64 valence electrons. The van der Waals surface area contributed by atoms with Gasteiger partial charge in [-0.05, 0) is 12.8 Å². The molecule has 0 aromatic carbocycles. The molecule has 12 heavy (non-hydrogen) atoms. The van der Waals surface area contributed by atoms with E-state index in [2.05, 4.69) is 20.1 Å². The normalized spacial score (nSPS) is 19.6. The number of hydrogen-bond donors (Lipinski definition) is 0. The summed E-state index contributed by atoms with van der Waals surface area (Å²) in [6, 6.07) is 0. The molecule has 0 N–H and O–H groups in total. The Morgan fingerprint density at radius 3 is 2.33 bits per heavy atom. The number of hydrogen-bond acceptors (Lipinski definition) is 1. The van der Waals surface area contributed by atoms with E-state index in [1.54, 1.807) is 0.544 Å². The minimum absolute atomic E-state index is 0.336. The molecule has 1 aliphatic carbocycles. The molecule has 0 amide bonds. The van der Waals surface area contributed by atoms with Gasteiger partial charge in [-0.15, -0.1) is 0 Å². The SMILES string of the molecule is C1CCOC1.[CH3][Sr][C]1=CC=CC1. The van der Waals surface area contributed by atoms with E-state index in [1.165, 1.54) is 19.3 Å². The molecule has 0 atom stereocenters. The first-order valence-electron chi connectivity index (χ1n) is 4.86. The number of ether oxygens (including phenoxy) is 1. The van der Waals surface area contributed by atoms with Gasteiger partial charge in [-0.1, -0.05) is 0 Å². The summed E-state index contributed by atoms with van der Waals surface area (Å²) in [6.07, 6.45) is 10.5. The summed E-state index contributed by atoms with van der Waals surface area (Å²) in [5, 5.41) is 0. The Morgan fingerprint density at radius 1 is 1.33 bits per heavy atom. The molecule has 2 rings (SSSR count). The summed E-state index contributed by atoms with van der Waals surface area (Å²) in [5.74, 6) is 0. The van der Waals surface area contributed by atoms with E-state index in [9.17, 15) is 0 Å². The molecule has 0 unspecified atom stereocenters. The van der Waals surface area contributed by atoms with E-state index in [0.717, 1.165) is 13.2 Å². The summed E-state index contributed by atoms with van der Waals surface area (Å²) in [5.41, 5.74) is 0. The van der Waals surface area contributed by atoms with Crippen LogP contribution in [-0.4, -0.2) is 54.2 Å². The van der Waals surface area contributed by atoms with Gasteiger partial charge in [-0.3, -0.25) is 0 Å². The van der Waals surface area contributed by atoms with Crippen molar-refractivity contribution in [3.8, 4) is 0 Å². The predicted octanol–water partition coefficient (Wildman–Crippen LogP) is 2.38. The molecule has 1 aliphatic heterocycles. The second kappa shape index (κ2) is 7.34. The molecule has 2 heteroatoms. The molecule has 1 nitrogen and oxygen atoms in total. The van der Waals surface area contributed by atoms with Gasteiger partial charge in [0.05, 0.1) is 0 Å². The van der Waals surface area contributed by atoms with Gasteiger partial charge in [0.2, 0.25) is 0 Å². The topological polar surface area (TPSA) is 9.23 Å². The van der Waals surface area contributed by atoms with Crippen LogP contribution in [0.4, 0.5) is 0 Å². The first kappa shape index (κ1) is 11.0. The molecular formula is C10H16OSr. The molecule has 1 heterocycles. The third kappa shape index (κ3) is 4.83. The fourth-order valence-electron chi connectivity index (χ4n) is 1.26. The molecule has 2 aliphatic rings. The van der Waals surface area contributed by atoms with Gasteiger partial charge >= 0.3 is 68.1 Å². The van der Waals surface area contributed by atoms with Crippen LogP contribution in [0.3, 0.4) is 0 Å². The van der Waals surface area contributed by atoms with Crippen LogP contribution in [0.15, 0.2) is 18.8 Å². The van der Waals surface area contributed by atoms with Crippen molar-refractivity contribution >= 4 is 41.0 Å². The summed E-state index contributed by atoms with van der Waals surface area (Å²) in [7, 11) is 0. The Balaban J connectivity index is 0.000000127. The maximum absolute atomic E-state index is 4.94. The molecule has 0 aromatic heterocycles. The molecule has 0 spiro atoms. The van der Waals surface area contributed by atoms with E-state index in [4.69, 9.17) is 4.74 Å². The van der Waals surface area contributed by atoms with E-state index in [0.29, 0.717) is 0 Å². The number of rotatable bonds is 1. The van der Waals surface area contributed by atoms with Gasteiger partial charge in [0, 0.05) is 13.2 Å². The van der Waals surface area contributed by atoms with E-state index in [-0.39, 0.29) is 41.0 Å². The third-order valence-electron chi connectivity index (χ3n) is 2.13. The van der Waals surface area contributed by atoms with E-state index in [1.807, 2.05) is 0 Å². The van der Waals surface area contributed by atoms with Crippen molar-refractivity contribution in [2.24, 2.45) is 0 Å². The number of allylic oxidation sites excluding steroid dienone is 4. The summed E-state index contributed by atoms with van der Waals surface area (Å²) < 4.78 is 9.11. The maximum atomic E-state index is 4.94. The second-order valence-electron chi connectivity index (χ2n) is 3.13. The van der Waals surface area contributed by atoms with Crippen LogP contribution < -0.4 is 0 Å². The zero-order chi connectivity index (χ0) is 8.65. The van der Waals surface area contributed by atoms with Crippen molar-refractivity contribution in [1.82, 2.24) is 0 Å². The van der Waals surface area contributed by atoms with Crippen LogP contribution >= 0.6 is 0 Å². The van der Waals surface area contributed by atoms with Crippen LogP contribution in [0.1, 0.15) is 19.3 Å². The molecule has 1 fully saturated rings. The van der Waals surface area contributed by atoms with Gasteiger partial charge < -0.3 is 4.74 Å². The van der Waals surface area contributed by atoms with E-state index >= 15 is 0 Å². The quantitative estimate of drug-likeness (QED) is 0.639. The average Bonchev–Trinajstić information content (AvgIpc) is 2.81. The zero-order valence-electron chi connectivity index (χ0n) is 7.88. The summed E-state index contributed by atoms with van der Waals surface area (Å²) in [4.78, 5) is 0. The van der Waals surface area contributed by atoms with Crippen LogP contribution in [-0.2, 0) is 4.74 Å². The monoisotopic (exact) mass is 240 g/mol. The van der Waals surface area contributed by atoms with Crippen LogP contribution in [0.2, 0.25) is 1.89 Å². The van der Waals surface area contributed by atoms with Crippen molar-refractivity contribution in [2.45, 2.75) is 21.2 Å². The van der Waals surface area contributed by atoms with Crippen molar-refractivity contribution in [1.29, 1.82) is 0 Å². The van der Waals surface area contributed by atoms with E-state index < -0.39 is 0 Å². The Bertz CT molecular complexity index is 161. The summed E-state index contributed by atoms with van der Waals surface area (Å²) >= 11 is -0.336. The van der Waals surface area contributed by atoms with Crippen molar-refractivity contribution < 1.29 is 4.74 Å². The predicted molar refractivity (Wildman–Crippen MR) is 53.5 cm³/mol. The fourth-order valence-corrected chi connectivity index (χ4v) is 3.30. The Morgan fingerprint density at radius 2 is 2.08 bits per heavy atom. The average molecular weight is 240 g/mol. The van der Waals surface area contributed by atoms with Crippen LogP contribution in [0, 0.1) is 0 Å². The van der Waals surface area contributed by atoms with Gasteiger partial charge in [-0.25, -0.2) is 0 Å². The minimum atomic E-state index is -0.336. The van der Waals surface area contributed by atoms with Crippen molar-refractivity contribution in [3.63, 3.8) is 0 Å². The fraction of sp³-hybridized carbons (Fsp3) is 0.600. The molecule has 0 aromatic rings. The Kier molecular flexibility index (Phi) is 6.72. The molecule has 1 saturated heterocycles. The standard InChI is InChI=1S/C5H5.C4H8O.CH3.Sr/c2*1-2-4-5-3-1;;/h1-3H,4H2;1-4H2;1H3;. The zero-order valence-corrected chi connectivity index (χ0v) is 11.4. The van der Waals surface area contributed by atoms with Crippen LogP contribution in [0.25, 0.3) is 0 Å². The van der Waals surface area contributed by atoms with Crippen LogP contribution in [0.5, 0.6) is 0 Å². The van der Waals surface area contributed by atoms with Gasteiger partial charge in [0.25, 0.3) is 0 Å². The first-order valence-corrected chi connectivity index (χ1v) is 10.1. The summed E-state index contributed by atoms with van der Waals surface area (Å²) in [6.45, 7) is 2.00. The molecule has 0 bridgehead atoms. The molecule has 0 saturated carbocycles. The van der Waals surface area contributed by atoms with Crippen molar-refractivity contribution in [3.05, 3.63) is 18.8 Å². The molecule has 0 radical (unpaired) electrons. The van der Waals surface area contributed by atoms with Gasteiger partial charge in [0.15, 0.2) is 0 Å². The molecular weight excluding hydrogens is 224 g/mol. The van der Waals surface area contributed by atoms with Gasteiger partial charge in [-0.2, -0.15) is 0 Å². The van der Waals surface area contributed by atoms with Gasteiger partial charge in [0.1, 0.15) is 0 Å². The first-order chi connectivity index (χ1) is 5.93. The third-order valence-corrected chi connectivity index (χ3v) is 5.65. The Hall–Kier alpha value is 0.921. The Labute approximate surface area is 97.6 Å².